The molecule has 0 saturated carbocycles. The Morgan fingerprint density at radius 3 is 2.95 bits per heavy atom. The highest BCUT2D eigenvalue weighted by Gasteiger charge is 2.16. The van der Waals surface area contributed by atoms with Gasteiger partial charge in [0.05, 0.1) is 13.4 Å². The summed E-state index contributed by atoms with van der Waals surface area (Å²) >= 11 is 5.97. The molecule has 1 aromatic carbocycles. The number of carbonyl (C=O) groups is 1. The average Bonchev–Trinajstić information content (AvgIpc) is 2.92. The molecule has 4 nitrogen and oxygen atoms in total. The van der Waals surface area contributed by atoms with Gasteiger partial charge in [0, 0.05) is 23.2 Å². The fourth-order valence-electron chi connectivity index (χ4n) is 1.90. The molecule has 20 heavy (non-hydrogen) atoms. The second kappa shape index (κ2) is 6.59. The Morgan fingerprint density at radius 2 is 2.25 bits per heavy atom. The van der Waals surface area contributed by atoms with Gasteiger partial charge in [-0.25, -0.2) is 4.79 Å². The molecule has 0 spiro atoms. The van der Waals surface area contributed by atoms with Crippen molar-refractivity contribution in [1.82, 2.24) is 5.32 Å². The first-order valence-electron chi connectivity index (χ1n) is 6.25. The molecule has 1 N–H and O–H groups in total. The number of hydrogen-bond donors (Lipinski definition) is 1. The summed E-state index contributed by atoms with van der Waals surface area (Å²) in [5.41, 5.74) is 1.85. The maximum atomic E-state index is 11.5. The van der Waals surface area contributed by atoms with Crippen LogP contribution in [0, 0.1) is 0 Å². The van der Waals surface area contributed by atoms with Gasteiger partial charge in [0.2, 0.25) is 5.76 Å². The van der Waals surface area contributed by atoms with Crippen LogP contribution in [0.2, 0.25) is 5.02 Å². The number of ether oxygens (including phenoxy) is 1. The number of hydrogen-bond acceptors (Lipinski definition) is 4. The summed E-state index contributed by atoms with van der Waals surface area (Å²) < 4.78 is 9.80. The number of methoxy groups -OCH3 is 1. The van der Waals surface area contributed by atoms with E-state index < -0.39 is 5.97 Å². The molecule has 1 heterocycles. The Labute approximate surface area is 122 Å². The Morgan fingerprint density at radius 1 is 1.45 bits per heavy atom. The minimum absolute atomic E-state index is 0.106. The fraction of sp³-hybridized carbons (Fsp3) is 0.267. The number of halogens is 1. The van der Waals surface area contributed by atoms with Crippen molar-refractivity contribution in [3.05, 3.63) is 58.5 Å². The molecule has 0 aliphatic rings. The minimum atomic E-state index is -0.470. The summed E-state index contributed by atoms with van der Waals surface area (Å²) in [5.74, 6) is -0.236. The van der Waals surface area contributed by atoms with E-state index >= 15 is 0 Å². The standard InChI is InChI=1S/C15H16ClNO3/c1-10(11-4-3-5-13(16)8-11)17-9-12-6-7-20-14(12)15(18)19-2/h3-8,10,17H,9H2,1-2H3/t10-/m1/s1. The van der Waals surface area contributed by atoms with Crippen molar-refractivity contribution in [2.24, 2.45) is 0 Å². The van der Waals surface area contributed by atoms with Crippen molar-refractivity contribution in [2.75, 3.05) is 7.11 Å². The SMILES string of the molecule is COC(=O)c1occc1CN[C@H](C)c1cccc(Cl)c1. The second-order valence-electron chi connectivity index (χ2n) is 4.42. The molecular formula is C15H16ClNO3. The quantitative estimate of drug-likeness (QED) is 0.856. The van der Waals surface area contributed by atoms with Gasteiger partial charge in [-0.15, -0.1) is 0 Å². The van der Waals surface area contributed by atoms with Crippen LogP contribution in [0.25, 0.3) is 0 Å². The molecule has 5 heteroatoms. The van der Waals surface area contributed by atoms with Gasteiger partial charge in [-0.1, -0.05) is 23.7 Å². The smallest absolute Gasteiger partial charge is 0.374 e. The maximum absolute atomic E-state index is 11.5. The zero-order valence-electron chi connectivity index (χ0n) is 11.4. The normalized spacial score (nSPS) is 12.2. The summed E-state index contributed by atoms with van der Waals surface area (Å²) in [5, 5.41) is 4.02. The first-order valence-corrected chi connectivity index (χ1v) is 6.63. The number of furan rings is 1. The number of benzene rings is 1. The number of carbonyl (C=O) groups excluding carboxylic acids is 1. The molecule has 2 rings (SSSR count). The van der Waals surface area contributed by atoms with Crippen molar-refractivity contribution < 1.29 is 13.9 Å². The van der Waals surface area contributed by atoms with Crippen LogP contribution in [-0.4, -0.2) is 13.1 Å². The zero-order valence-corrected chi connectivity index (χ0v) is 12.1. The van der Waals surface area contributed by atoms with Gasteiger partial charge in [-0.3, -0.25) is 0 Å². The molecule has 1 aromatic heterocycles. The van der Waals surface area contributed by atoms with E-state index in [1.807, 2.05) is 31.2 Å². The fourth-order valence-corrected chi connectivity index (χ4v) is 2.10. The van der Waals surface area contributed by atoms with Crippen LogP contribution in [0.4, 0.5) is 0 Å². The van der Waals surface area contributed by atoms with Gasteiger partial charge in [-0.2, -0.15) is 0 Å². The van der Waals surface area contributed by atoms with E-state index in [-0.39, 0.29) is 11.8 Å². The molecule has 0 amide bonds. The first kappa shape index (κ1) is 14.6. The Bertz CT molecular complexity index is 594. The van der Waals surface area contributed by atoms with Crippen molar-refractivity contribution in [1.29, 1.82) is 0 Å². The molecule has 0 aliphatic carbocycles. The lowest BCUT2D eigenvalue weighted by molar-refractivity contribution is 0.0563. The predicted octanol–water partition coefficient (Wildman–Crippen LogP) is 3.57. The molecule has 106 valence electrons. The van der Waals surface area contributed by atoms with E-state index in [0.717, 1.165) is 11.1 Å². The van der Waals surface area contributed by atoms with E-state index in [9.17, 15) is 4.79 Å². The number of esters is 1. The lowest BCUT2D eigenvalue weighted by atomic mass is 10.1. The van der Waals surface area contributed by atoms with Crippen molar-refractivity contribution in [3.8, 4) is 0 Å². The van der Waals surface area contributed by atoms with E-state index in [0.29, 0.717) is 11.6 Å². The van der Waals surface area contributed by atoms with Crippen molar-refractivity contribution in [2.45, 2.75) is 19.5 Å². The summed E-state index contributed by atoms with van der Waals surface area (Å²) in [6, 6.07) is 9.52. The number of nitrogens with one attached hydrogen (secondary N) is 1. The van der Waals surface area contributed by atoms with Gasteiger partial charge in [0.25, 0.3) is 0 Å². The third-order valence-electron chi connectivity index (χ3n) is 3.06. The van der Waals surface area contributed by atoms with Gasteiger partial charge >= 0.3 is 5.97 Å². The van der Waals surface area contributed by atoms with Crippen LogP contribution in [0.1, 0.15) is 34.6 Å². The average molecular weight is 294 g/mol. The first-order chi connectivity index (χ1) is 9.61. The Balaban J connectivity index is 2.02. The predicted molar refractivity (Wildman–Crippen MR) is 76.8 cm³/mol. The molecule has 0 saturated heterocycles. The van der Waals surface area contributed by atoms with E-state index in [4.69, 9.17) is 16.0 Å². The van der Waals surface area contributed by atoms with Crippen LogP contribution in [-0.2, 0) is 11.3 Å². The van der Waals surface area contributed by atoms with Crippen molar-refractivity contribution >= 4 is 17.6 Å². The number of rotatable bonds is 5. The highest BCUT2D eigenvalue weighted by atomic mass is 35.5. The molecule has 0 unspecified atom stereocenters. The van der Waals surface area contributed by atoms with Crippen LogP contribution in [0.5, 0.6) is 0 Å². The molecular weight excluding hydrogens is 278 g/mol. The summed E-state index contributed by atoms with van der Waals surface area (Å²) in [4.78, 5) is 11.5. The molecule has 0 aliphatic heterocycles. The largest absolute Gasteiger partial charge is 0.463 e. The highest BCUT2D eigenvalue weighted by molar-refractivity contribution is 6.30. The molecule has 0 radical (unpaired) electrons. The summed E-state index contributed by atoms with van der Waals surface area (Å²) in [6.07, 6.45) is 1.48. The van der Waals surface area contributed by atoms with Crippen LogP contribution < -0.4 is 5.32 Å². The zero-order chi connectivity index (χ0) is 14.5. The van der Waals surface area contributed by atoms with Gasteiger partial charge in [0.15, 0.2) is 0 Å². The Kier molecular flexibility index (Phi) is 4.82. The lowest BCUT2D eigenvalue weighted by Gasteiger charge is -2.14. The van der Waals surface area contributed by atoms with Crippen LogP contribution in [0.3, 0.4) is 0 Å². The van der Waals surface area contributed by atoms with Gasteiger partial charge < -0.3 is 14.5 Å². The van der Waals surface area contributed by atoms with Gasteiger partial charge in [0.1, 0.15) is 0 Å². The van der Waals surface area contributed by atoms with E-state index in [2.05, 4.69) is 10.1 Å². The minimum Gasteiger partial charge on any atom is -0.463 e. The maximum Gasteiger partial charge on any atom is 0.374 e. The van der Waals surface area contributed by atoms with E-state index in [1.165, 1.54) is 13.4 Å². The molecule has 0 bridgehead atoms. The molecule has 0 fully saturated rings. The third-order valence-corrected chi connectivity index (χ3v) is 3.30. The van der Waals surface area contributed by atoms with Gasteiger partial charge in [-0.05, 0) is 30.7 Å². The summed E-state index contributed by atoms with van der Waals surface area (Å²) in [7, 11) is 1.33. The molecule has 1 atom stereocenters. The topological polar surface area (TPSA) is 51.5 Å². The van der Waals surface area contributed by atoms with Crippen LogP contribution >= 0.6 is 11.6 Å². The van der Waals surface area contributed by atoms with Crippen LogP contribution in [0.15, 0.2) is 41.0 Å². The second-order valence-corrected chi connectivity index (χ2v) is 4.86. The summed E-state index contributed by atoms with van der Waals surface area (Å²) in [6.45, 7) is 2.54. The monoisotopic (exact) mass is 293 g/mol. The van der Waals surface area contributed by atoms with Crippen molar-refractivity contribution in [3.63, 3.8) is 0 Å². The lowest BCUT2D eigenvalue weighted by Crippen LogP contribution is -2.19. The molecule has 2 aromatic rings. The van der Waals surface area contributed by atoms with E-state index in [1.54, 1.807) is 6.07 Å². The highest BCUT2D eigenvalue weighted by Crippen LogP contribution is 2.19. The Hall–Kier alpha value is -1.78. The third kappa shape index (κ3) is 3.40.